The molecule has 1 aromatic rings. The summed E-state index contributed by atoms with van der Waals surface area (Å²) in [5.41, 5.74) is -0.0878. The molecule has 1 aromatic heterocycles. The molecule has 0 aliphatic carbocycles. The number of carbonyl (C=O) groups is 1. The minimum atomic E-state index is -1.10. The van der Waals surface area contributed by atoms with E-state index in [9.17, 15) is 4.79 Å². The topological polar surface area (TPSA) is 56.7 Å². The van der Waals surface area contributed by atoms with E-state index in [1.807, 2.05) is 11.9 Å². The van der Waals surface area contributed by atoms with Gasteiger partial charge in [0.25, 0.3) is 0 Å². The Hall–Kier alpha value is -1.33. The van der Waals surface area contributed by atoms with Crippen molar-refractivity contribution in [1.82, 2.24) is 9.88 Å². The number of aromatic carboxylic acids is 1. The summed E-state index contributed by atoms with van der Waals surface area (Å²) in [5.74, 6) is -0.442. The van der Waals surface area contributed by atoms with Crippen molar-refractivity contribution in [2.24, 2.45) is 0 Å². The fourth-order valence-corrected chi connectivity index (χ4v) is 2.61. The Labute approximate surface area is 117 Å². The van der Waals surface area contributed by atoms with Crippen LogP contribution in [0, 0.1) is 0 Å². The summed E-state index contributed by atoms with van der Waals surface area (Å²) in [4.78, 5) is 19.5. The van der Waals surface area contributed by atoms with Crippen LogP contribution in [0.4, 0.5) is 5.82 Å². The Bertz CT molecular complexity index is 481. The van der Waals surface area contributed by atoms with Gasteiger partial charge in [-0.15, -0.1) is 0 Å². The Morgan fingerprint density at radius 1 is 1.58 bits per heavy atom. The summed E-state index contributed by atoms with van der Waals surface area (Å²) in [6.45, 7) is 2.07. The van der Waals surface area contributed by atoms with Crippen molar-refractivity contribution >= 4 is 23.4 Å². The van der Waals surface area contributed by atoms with Crippen LogP contribution < -0.4 is 4.90 Å². The largest absolute Gasteiger partial charge is 0.476 e. The highest BCUT2D eigenvalue weighted by Crippen LogP contribution is 2.22. The van der Waals surface area contributed by atoms with E-state index >= 15 is 0 Å². The first-order chi connectivity index (χ1) is 8.99. The van der Waals surface area contributed by atoms with Crippen LogP contribution in [0.2, 0.25) is 5.02 Å². The van der Waals surface area contributed by atoms with Crippen LogP contribution in [-0.4, -0.2) is 54.2 Å². The van der Waals surface area contributed by atoms with Crippen molar-refractivity contribution in [2.75, 3.05) is 32.1 Å². The lowest BCUT2D eigenvalue weighted by atomic mass is 10.1. The minimum absolute atomic E-state index is 0.0878. The number of likely N-dealkylation sites (tertiary alicyclic amines) is 1. The zero-order valence-electron chi connectivity index (χ0n) is 11.1. The summed E-state index contributed by atoms with van der Waals surface area (Å²) in [7, 11) is 4.05. The first-order valence-electron chi connectivity index (χ1n) is 6.30. The van der Waals surface area contributed by atoms with Crippen molar-refractivity contribution in [1.29, 1.82) is 0 Å². The van der Waals surface area contributed by atoms with Gasteiger partial charge in [0, 0.05) is 19.6 Å². The zero-order chi connectivity index (χ0) is 14.0. The fraction of sp³-hybridized carbons (Fsp3) is 0.538. The SMILES string of the molecule is CN1CCCC(N(C)c2ccc(Cl)c(C(=O)O)n2)C1. The molecule has 0 saturated carbocycles. The molecule has 0 aromatic carbocycles. The zero-order valence-corrected chi connectivity index (χ0v) is 11.9. The van der Waals surface area contributed by atoms with Gasteiger partial charge in [-0.3, -0.25) is 0 Å². The van der Waals surface area contributed by atoms with Gasteiger partial charge in [-0.25, -0.2) is 9.78 Å². The van der Waals surface area contributed by atoms with Gasteiger partial charge in [0.2, 0.25) is 0 Å². The van der Waals surface area contributed by atoms with E-state index in [-0.39, 0.29) is 10.7 Å². The number of aromatic nitrogens is 1. The molecular formula is C13H18ClN3O2. The summed E-state index contributed by atoms with van der Waals surface area (Å²) < 4.78 is 0. The van der Waals surface area contributed by atoms with Crippen molar-refractivity contribution in [3.8, 4) is 0 Å². The third-order valence-electron chi connectivity index (χ3n) is 3.54. The first-order valence-corrected chi connectivity index (χ1v) is 6.68. The van der Waals surface area contributed by atoms with Crippen LogP contribution in [0.25, 0.3) is 0 Å². The summed E-state index contributed by atoms with van der Waals surface area (Å²) in [5, 5.41) is 9.22. The molecule has 6 heteroatoms. The molecule has 5 nitrogen and oxygen atoms in total. The lowest BCUT2D eigenvalue weighted by Gasteiger charge is -2.36. The second-order valence-electron chi connectivity index (χ2n) is 4.97. The Morgan fingerprint density at radius 3 is 2.95 bits per heavy atom. The number of likely N-dealkylation sites (N-methyl/N-ethyl adjacent to an activating group) is 2. The molecule has 0 bridgehead atoms. The number of hydrogen-bond donors (Lipinski definition) is 1. The number of nitrogens with zero attached hydrogens (tertiary/aromatic N) is 3. The predicted octanol–water partition coefficient (Wildman–Crippen LogP) is 1.96. The van der Waals surface area contributed by atoms with E-state index < -0.39 is 5.97 Å². The van der Waals surface area contributed by atoms with Crippen LogP contribution in [0.1, 0.15) is 23.3 Å². The van der Waals surface area contributed by atoms with Crippen LogP contribution in [0.15, 0.2) is 12.1 Å². The Balaban J connectivity index is 2.21. The van der Waals surface area contributed by atoms with Crippen LogP contribution in [-0.2, 0) is 0 Å². The monoisotopic (exact) mass is 283 g/mol. The summed E-state index contributed by atoms with van der Waals surface area (Å²) in [6.07, 6.45) is 2.23. The van der Waals surface area contributed by atoms with E-state index in [4.69, 9.17) is 16.7 Å². The molecule has 1 saturated heterocycles. The van der Waals surface area contributed by atoms with Crippen LogP contribution in [0.5, 0.6) is 0 Å². The molecule has 104 valence electrons. The van der Waals surface area contributed by atoms with Gasteiger partial charge in [-0.2, -0.15) is 0 Å². The van der Waals surface area contributed by atoms with Crippen LogP contribution >= 0.6 is 11.6 Å². The van der Waals surface area contributed by atoms with Gasteiger partial charge >= 0.3 is 5.97 Å². The molecule has 1 aliphatic rings. The second-order valence-corrected chi connectivity index (χ2v) is 5.38. The van der Waals surface area contributed by atoms with Gasteiger partial charge in [0.1, 0.15) is 5.82 Å². The number of piperidine rings is 1. The smallest absolute Gasteiger partial charge is 0.356 e. The van der Waals surface area contributed by atoms with E-state index in [0.29, 0.717) is 11.9 Å². The molecule has 2 rings (SSSR count). The molecule has 19 heavy (non-hydrogen) atoms. The highest BCUT2D eigenvalue weighted by molar-refractivity contribution is 6.33. The van der Waals surface area contributed by atoms with E-state index in [2.05, 4.69) is 16.9 Å². The van der Waals surface area contributed by atoms with Gasteiger partial charge in [0.15, 0.2) is 5.69 Å². The molecule has 1 N–H and O–H groups in total. The normalized spacial score (nSPS) is 20.3. The van der Waals surface area contributed by atoms with Gasteiger partial charge in [-0.05, 0) is 38.6 Å². The molecule has 1 atom stereocenters. The number of carboxylic acids is 1. The predicted molar refractivity (Wildman–Crippen MR) is 75.1 cm³/mol. The highest BCUT2D eigenvalue weighted by Gasteiger charge is 2.23. The molecule has 1 fully saturated rings. The average Bonchev–Trinajstić information content (AvgIpc) is 2.38. The number of halogens is 1. The second kappa shape index (κ2) is 5.75. The number of anilines is 1. The lowest BCUT2D eigenvalue weighted by Crippen LogP contribution is -2.45. The number of hydrogen-bond acceptors (Lipinski definition) is 4. The Kier molecular flexibility index (Phi) is 4.27. The van der Waals surface area contributed by atoms with E-state index in [0.717, 1.165) is 25.9 Å². The molecule has 2 heterocycles. The molecule has 1 unspecified atom stereocenters. The summed E-state index contributed by atoms with van der Waals surface area (Å²) in [6, 6.07) is 3.72. The third-order valence-corrected chi connectivity index (χ3v) is 3.85. The highest BCUT2D eigenvalue weighted by atomic mass is 35.5. The summed E-state index contributed by atoms with van der Waals surface area (Å²) >= 11 is 5.83. The van der Waals surface area contributed by atoms with Crippen LogP contribution in [0.3, 0.4) is 0 Å². The maximum Gasteiger partial charge on any atom is 0.356 e. The maximum atomic E-state index is 11.1. The quantitative estimate of drug-likeness (QED) is 0.919. The van der Waals surface area contributed by atoms with E-state index in [1.165, 1.54) is 0 Å². The van der Waals surface area contributed by atoms with Gasteiger partial charge in [-0.1, -0.05) is 11.6 Å². The van der Waals surface area contributed by atoms with E-state index in [1.54, 1.807) is 12.1 Å². The molecular weight excluding hydrogens is 266 g/mol. The van der Waals surface area contributed by atoms with Crippen molar-refractivity contribution in [3.63, 3.8) is 0 Å². The van der Waals surface area contributed by atoms with Crippen molar-refractivity contribution in [3.05, 3.63) is 22.8 Å². The molecule has 1 aliphatic heterocycles. The molecule has 0 spiro atoms. The first kappa shape index (κ1) is 14.1. The molecule has 0 amide bonds. The molecule has 0 radical (unpaired) electrons. The fourth-order valence-electron chi connectivity index (χ4n) is 2.42. The van der Waals surface area contributed by atoms with Crippen molar-refractivity contribution in [2.45, 2.75) is 18.9 Å². The lowest BCUT2D eigenvalue weighted by molar-refractivity contribution is 0.0690. The number of rotatable bonds is 3. The average molecular weight is 284 g/mol. The number of carboxylic acid groups (broad SMARTS) is 1. The Morgan fingerprint density at radius 2 is 2.32 bits per heavy atom. The third kappa shape index (κ3) is 3.16. The number of pyridine rings is 1. The maximum absolute atomic E-state index is 11.1. The van der Waals surface area contributed by atoms with Gasteiger partial charge in [0.05, 0.1) is 5.02 Å². The minimum Gasteiger partial charge on any atom is -0.476 e. The van der Waals surface area contributed by atoms with Crippen molar-refractivity contribution < 1.29 is 9.90 Å². The van der Waals surface area contributed by atoms with Gasteiger partial charge < -0.3 is 14.9 Å². The standard InChI is InChI=1S/C13H18ClN3O2/c1-16-7-3-4-9(8-16)17(2)11-6-5-10(14)12(15-11)13(18)19/h5-6,9H,3-4,7-8H2,1-2H3,(H,18,19).